The maximum atomic E-state index is 11.1. The van der Waals surface area contributed by atoms with Crippen LogP contribution in [0.1, 0.15) is 32.3 Å². The van der Waals surface area contributed by atoms with Crippen molar-refractivity contribution in [1.29, 1.82) is 0 Å². The van der Waals surface area contributed by atoms with Gasteiger partial charge in [-0.3, -0.25) is 4.79 Å². The topological polar surface area (TPSA) is 38.3 Å². The van der Waals surface area contributed by atoms with Gasteiger partial charge >= 0.3 is 5.97 Å². The summed E-state index contributed by atoms with van der Waals surface area (Å²) in [6.07, 6.45) is 2.34. The van der Waals surface area contributed by atoms with Gasteiger partial charge in [-0.25, -0.2) is 0 Å². The van der Waals surface area contributed by atoms with Gasteiger partial charge in [0.25, 0.3) is 0 Å². The number of ether oxygens (including phenoxy) is 1. The molecule has 0 aliphatic rings. The molecule has 18 heavy (non-hydrogen) atoms. The molecule has 0 aromatic heterocycles. The number of hydrogen-bond donors (Lipinski definition) is 1. The summed E-state index contributed by atoms with van der Waals surface area (Å²) in [5, 5.41) is 3.42. The summed E-state index contributed by atoms with van der Waals surface area (Å²) in [4.78, 5) is 11.1. The number of esters is 1. The lowest BCUT2D eigenvalue weighted by Crippen LogP contribution is -2.29. The lowest BCUT2D eigenvalue weighted by atomic mass is 10.1. The Morgan fingerprint density at radius 1 is 1.33 bits per heavy atom. The Morgan fingerprint density at radius 2 is 2.06 bits per heavy atom. The summed E-state index contributed by atoms with van der Waals surface area (Å²) in [6, 6.07) is 10.8. The zero-order valence-electron chi connectivity index (χ0n) is 11.3. The minimum absolute atomic E-state index is 0.102. The molecule has 3 heteroatoms. The first-order chi connectivity index (χ1) is 8.72. The third-order valence-corrected chi connectivity index (χ3v) is 2.74. The van der Waals surface area contributed by atoms with Crippen molar-refractivity contribution in [1.82, 2.24) is 5.32 Å². The standard InChI is InChI=1S/C15H23NO2/c1-3-18-15(17)10-7-11-16-13(2)12-14-8-5-4-6-9-14/h4-6,8-9,13,16H,3,7,10-12H2,1-2H3. The van der Waals surface area contributed by atoms with E-state index < -0.39 is 0 Å². The molecule has 1 aromatic rings. The molecular weight excluding hydrogens is 226 g/mol. The highest BCUT2D eigenvalue weighted by Crippen LogP contribution is 2.02. The number of hydrogen-bond acceptors (Lipinski definition) is 3. The molecule has 3 nitrogen and oxygen atoms in total. The largest absolute Gasteiger partial charge is 0.466 e. The highest BCUT2D eigenvalue weighted by Gasteiger charge is 2.04. The molecule has 0 heterocycles. The molecule has 1 aromatic carbocycles. The van der Waals surface area contributed by atoms with Crippen molar-refractivity contribution < 1.29 is 9.53 Å². The fraction of sp³-hybridized carbons (Fsp3) is 0.533. The van der Waals surface area contributed by atoms with E-state index in [2.05, 4.69) is 36.5 Å². The van der Waals surface area contributed by atoms with E-state index in [4.69, 9.17) is 4.74 Å². The van der Waals surface area contributed by atoms with Crippen molar-refractivity contribution in [2.75, 3.05) is 13.2 Å². The summed E-state index contributed by atoms with van der Waals surface area (Å²) in [7, 11) is 0. The summed E-state index contributed by atoms with van der Waals surface area (Å²) >= 11 is 0. The van der Waals surface area contributed by atoms with Crippen LogP contribution in [-0.4, -0.2) is 25.2 Å². The molecule has 1 N–H and O–H groups in total. The first-order valence-corrected chi connectivity index (χ1v) is 6.65. The van der Waals surface area contributed by atoms with Crippen molar-refractivity contribution in [2.24, 2.45) is 0 Å². The lowest BCUT2D eigenvalue weighted by Gasteiger charge is -2.13. The number of carbonyl (C=O) groups excluding carboxylic acids is 1. The van der Waals surface area contributed by atoms with Crippen LogP contribution >= 0.6 is 0 Å². The van der Waals surface area contributed by atoms with Gasteiger partial charge in [0.1, 0.15) is 0 Å². The average Bonchev–Trinajstić information content (AvgIpc) is 2.36. The SMILES string of the molecule is CCOC(=O)CCCNC(C)Cc1ccccc1. The quantitative estimate of drug-likeness (QED) is 0.568. The molecule has 0 saturated heterocycles. The third-order valence-electron chi connectivity index (χ3n) is 2.74. The van der Waals surface area contributed by atoms with Gasteiger partial charge in [0.15, 0.2) is 0 Å². The zero-order chi connectivity index (χ0) is 13.2. The van der Waals surface area contributed by atoms with E-state index in [-0.39, 0.29) is 5.97 Å². The Labute approximate surface area is 110 Å². The van der Waals surface area contributed by atoms with Crippen LogP contribution in [0.4, 0.5) is 0 Å². The predicted octanol–water partition coefficient (Wildman–Crippen LogP) is 2.55. The summed E-state index contributed by atoms with van der Waals surface area (Å²) in [6.45, 7) is 5.32. The van der Waals surface area contributed by atoms with Crippen LogP contribution in [0, 0.1) is 0 Å². The smallest absolute Gasteiger partial charge is 0.305 e. The molecule has 1 rings (SSSR count). The van der Waals surface area contributed by atoms with E-state index in [1.165, 1.54) is 5.56 Å². The van der Waals surface area contributed by atoms with Crippen LogP contribution in [0.3, 0.4) is 0 Å². The number of nitrogens with one attached hydrogen (secondary N) is 1. The first-order valence-electron chi connectivity index (χ1n) is 6.65. The van der Waals surface area contributed by atoms with Crippen LogP contribution in [0.5, 0.6) is 0 Å². The molecule has 100 valence electrons. The monoisotopic (exact) mass is 249 g/mol. The summed E-state index contributed by atoms with van der Waals surface area (Å²) in [5.41, 5.74) is 1.34. The summed E-state index contributed by atoms with van der Waals surface area (Å²) < 4.78 is 4.88. The van der Waals surface area contributed by atoms with Gasteiger partial charge in [-0.1, -0.05) is 30.3 Å². The van der Waals surface area contributed by atoms with Gasteiger partial charge < -0.3 is 10.1 Å². The molecule has 1 unspecified atom stereocenters. The highest BCUT2D eigenvalue weighted by atomic mass is 16.5. The average molecular weight is 249 g/mol. The van der Waals surface area contributed by atoms with Crippen molar-refractivity contribution in [3.05, 3.63) is 35.9 Å². The Bertz CT molecular complexity index is 338. The Hall–Kier alpha value is -1.35. The minimum atomic E-state index is -0.102. The van der Waals surface area contributed by atoms with E-state index >= 15 is 0 Å². The molecule has 0 amide bonds. The molecule has 0 saturated carbocycles. The second-order valence-corrected chi connectivity index (χ2v) is 4.45. The molecule has 1 atom stereocenters. The van der Waals surface area contributed by atoms with Crippen LogP contribution in [0.15, 0.2) is 30.3 Å². The number of benzene rings is 1. The van der Waals surface area contributed by atoms with Crippen molar-refractivity contribution in [3.8, 4) is 0 Å². The predicted molar refractivity (Wildman–Crippen MR) is 73.5 cm³/mol. The zero-order valence-corrected chi connectivity index (χ0v) is 11.3. The number of rotatable bonds is 8. The van der Waals surface area contributed by atoms with Gasteiger partial charge in [-0.15, -0.1) is 0 Å². The van der Waals surface area contributed by atoms with E-state index in [1.54, 1.807) is 0 Å². The Morgan fingerprint density at radius 3 is 2.72 bits per heavy atom. The molecule has 0 aliphatic heterocycles. The first kappa shape index (κ1) is 14.7. The van der Waals surface area contributed by atoms with E-state index in [1.807, 2.05) is 13.0 Å². The molecule has 0 fully saturated rings. The molecule has 0 radical (unpaired) electrons. The maximum Gasteiger partial charge on any atom is 0.305 e. The fourth-order valence-corrected chi connectivity index (χ4v) is 1.85. The van der Waals surface area contributed by atoms with Crippen LogP contribution < -0.4 is 5.32 Å². The minimum Gasteiger partial charge on any atom is -0.466 e. The number of carbonyl (C=O) groups is 1. The fourth-order valence-electron chi connectivity index (χ4n) is 1.85. The van der Waals surface area contributed by atoms with Crippen LogP contribution in [-0.2, 0) is 16.0 Å². The molecule has 0 spiro atoms. The molecule has 0 aliphatic carbocycles. The second-order valence-electron chi connectivity index (χ2n) is 4.45. The van der Waals surface area contributed by atoms with Crippen molar-refractivity contribution >= 4 is 5.97 Å². The van der Waals surface area contributed by atoms with Gasteiger partial charge in [0.2, 0.25) is 0 Å². The van der Waals surface area contributed by atoms with Gasteiger partial charge in [-0.05, 0) is 38.8 Å². The van der Waals surface area contributed by atoms with Crippen LogP contribution in [0.2, 0.25) is 0 Å². The van der Waals surface area contributed by atoms with Crippen LogP contribution in [0.25, 0.3) is 0 Å². The second kappa shape index (κ2) is 8.70. The van der Waals surface area contributed by atoms with Gasteiger partial charge in [0, 0.05) is 12.5 Å². The third kappa shape index (κ3) is 6.40. The maximum absolute atomic E-state index is 11.1. The van der Waals surface area contributed by atoms with Crippen molar-refractivity contribution in [2.45, 2.75) is 39.2 Å². The van der Waals surface area contributed by atoms with E-state index in [0.717, 1.165) is 19.4 Å². The highest BCUT2D eigenvalue weighted by molar-refractivity contribution is 5.69. The lowest BCUT2D eigenvalue weighted by molar-refractivity contribution is -0.143. The van der Waals surface area contributed by atoms with Gasteiger partial charge in [-0.2, -0.15) is 0 Å². The van der Waals surface area contributed by atoms with E-state index in [0.29, 0.717) is 19.1 Å². The Balaban J connectivity index is 2.10. The summed E-state index contributed by atoms with van der Waals surface area (Å²) in [5.74, 6) is -0.102. The molecule has 0 bridgehead atoms. The normalized spacial score (nSPS) is 12.1. The van der Waals surface area contributed by atoms with E-state index in [9.17, 15) is 4.79 Å². The van der Waals surface area contributed by atoms with Crippen molar-refractivity contribution in [3.63, 3.8) is 0 Å². The molecular formula is C15H23NO2. The Kier molecular flexibility index (Phi) is 7.11. The van der Waals surface area contributed by atoms with Gasteiger partial charge in [0.05, 0.1) is 6.61 Å².